The van der Waals surface area contributed by atoms with Gasteiger partial charge in [0.15, 0.2) is 0 Å². The highest BCUT2D eigenvalue weighted by Gasteiger charge is 2.22. The van der Waals surface area contributed by atoms with Crippen LogP contribution in [0.5, 0.6) is 0 Å². The molecule has 132 valence electrons. The first-order valence-corrected chi connectivity index (χ1v) is 10.5. The number of likely N-dealkylation sites (tertiary alicyclic amines) is 1. The summed E-state index contributed by atoms with van der Waals surface area (Å²) in [7, 11) is 0. The van der Waals surface area contributed by atoms with Crippen LogP contribution in [0, 0.1) is 5.92 Å². The lowest BCUT2D eigenvalue weighted by atomic mass is 9.94. The summed E-state index contributed by atoms with van der Waals surface area (Å²) >= 11 is 0. The van der Waals surface area contributed by atoms with E-state index in [2.05, 4.69) is 25.7 Å². The summed E-state index contributed by atoms with van der Waals surface area (Å²) in [6.45, 7) is 9.80. The van der Waals surface area contributed by atoms with Gasteiger partial charge in [0.05, 0.1) is 0 Å². The highest BCUT2D eigenvalue weighted by atomic mass is 15.2. The van der Waals surface area contributed by atoms with E-state index in [9.17, 15) is 0 Å². The minimum Gasteiger partial charge on any atom is -0.300 e. The second-order valence-corrected chi connectivity index (χ2v) is 7.78. The van der Waals surface area contributed by atoms with Gasteiger partial charge in [0.1, 0.15) is 0 Å². The van der Waals surface area contributed by atoms with Gasteiger partial charge in [-0.3, -0.25) is 0 Å². The van der Waals surface area contributed by atoms with E-state index in [-0.39, 0.29) is 0 Å². The Morgan fingerprint density at radius 1 is 0.727 bits per heavy atom. The zero-order valence-electron chi connectivity index (χ0n) is 15.9. The number of nitrogens with zero attached hydrogens (tertiary/aromatic N) is 1. The fourth-order valence-electron chi connectivity index (χ4n) is 3.87. The van der Waals surface area contributed by atoms with Gasteiger partial charge in [0, 0.05) is 6.04 Å². The standard InChI is InChI=1S/C21H43N/c1-4-6-8-10-12-14-21(15-13-11-9-7-5-2)22-18-16-20(3)17-19-22/h20-21H,4-19H2,1-3H3. The summed E-state index contributed by atoms with van der Waals surface area (Å²) in [6.07, 6.45) is 20.2. The zero-order chi connectivity index (χ0) is 16.0. The molecule has 0 atom stereocenters. The van der Waals surface area contributed by atoms with Crippen LogP contribution in [-0.4, -0.2) is 24.0 Å². The first-order valence-electron chi connectivity index (χ1n) is 10.5. The first-order chi connectivity index (χ1) is 10.8. The van der Waals surface area contributed by atoms with Crippen molar-refractivity contribution in [3.8, 4) is 0 Å². The molecule has 1 aliphatic rings. The van der Waals surface area contributed by atoms with Crippen LogP contribution in [0.2, 0.25) is 0 Å². The van der Waals surface area contributed by atoms with E-state index in [0.29, 0.717) is 0 Å². The van der Waals surface area contributed by atoms with Crippen LogP contribution in [0.1, 0.15) is 111 Å². The first kappa shape index (κ1) is 20.0. The lowest BCUT2D eigenvalue weighted by Crippen LogP contribution is -2.41. The summed E-state index contributed by atoms with van der Waals surface area (Å²) < 4.78 is 0. The molecule has 0 aromatic carbocycles. The number of piperidine rings is 1. The lowest BCUT2D eigenvalue weighted by Gasteiger charge is -2.37. The molecule has 1 saturated heterocycles. The average molecular weight is 310 g/mol. The van der Waals surface area contributed by atoms with Gasteiger partial charge in [-0.15, -0.1) is 0 Å². The van der Waals surface area contributed by atoms with Crippen molar-refractivity contribution in [3.05, 3.63) is 0 Å². The van der Waals surface area contributed by atoms with Crippen LogP contribution in [0.4, 0.5) is 0 Å². The molecule has 0 amide bonds. The van der Waals surface area contributed by atoms with Gasteiger partial charge in [0.25, 0.3) is 0 Å². The van der Waals surface area contributed by atoms with Gasteiger partial charge in [-0.05, 0) is 44.7 Å². The number of hydrogen-bond donors (Lipinski definition) is 0. The van der Waals surface area contributed by atoms with Gasteiger partial charge >= 0.3 is 0 Å². The zero-order valence-corrected chi connectivity index (χ0v) is 15.9. The van der Waals surface area contributed by atoms with Crippen LogP contribution in [-0.2, 0) is 0 Å². The molecule has 0 bridgehead atoms. The molecule has 22 heavy (non-hydrogen) atoms. The van der Waals surface area contributed by atoms with Crippen molar-refractivity contribution < 1.29 is 0 Å². The number of hydrogen-bond acceptors (Lipinski definition) is 1. The van der Waals surface area contributed by atoms with E-state index in [1.165, 1.54) is 103 Å². The molecule has 0 spiro atoms. The van der Waals surface area contributed by atoms with Gasteiger partial charge in [-0.1, -0.05) is 85.0 Å². The van der Waals surface area contributed by atoms with Gasteiger partial charge in [-0.25, -0.2) is 0 Å². The Balaban J connectivity index is 2.25. The van der Waals surface area contributed by atoms with E-state index in [1.54, 1.807) is 0 Å². The topological polar surface area (TPSA) is 3.24 Å². The van der Waals surface area contributed by atoms with Crippen LogP contribution in [0.15, 0.2) is 0 Å². The SMILES string of the molecule is CCCCCCCC(CCCCCCC)N1CCC(C)CC1. The summed E-state index contributed by atoms with van der Waals surface area (Å²) in [5.74, 6) is 0.964. The molecule has 0 saturated carbocycles. The molecule has 0 N–H and O–H groups in total. The Kier molecular flexibility index (Phi) is 12.2. The molecule has 1 aliphatic heterocycles. The van der Waals surface area contributed by atoms with Crippen molar-refractivity contribution in [1.82, 2.24) is 4.90 Å². The maximum absolute atomic E-state index is 2.85. The highest BCUT2D eigenvalue weighted by Crippen LogP contribution is 2.24. The van der Waals surface area contributed by atoms with Gasteiger partial charge < -0.3 is 4.90 Å². The molecule has 0 aliphatic carbocycles. The third kappa shape index (κ3) is 9.18. The van der Waals surface area contributed by atoms with Crippen molar-refractivity contribution >= 4 is 0 Å². The Morgan fingerprint density at radius 2 is 1.18 bits per heavy atom. The smallest absolute Gasteiger partial charge is 0.00952 e. The fraction of sp³-hybridized carbons (Fsp3) is 1.00. The molecule has 1 nitrogen and oxygen atoms in total. The fourth-order valence-corrected chi connectivity index (χ4v) is 3.87. The third-order valence-electron chi connectivity index (χ3n) is 5.62. The average Bonchev–Trinajstić information content (AvgIpc) is 2.53. The van der Waals surface area contributed by atoms with Crippen LogP contribution >= 0.6 is 0 Å². The summed E-state index contributed by atoms with van der Waals surface area (Å²) in [4.78, 5) is 2.85. The van der Waals surface area contributed by atoms with E-state index in [1.807, 2.05) is 0 Å². The maximum Gasteiger partial charge on any atom is 0.00952 e. The Labute approximate surface area is 141 Å². The minimum absolute atomic E-state index is 0.899. The molecule has 0 aromatic heterocycles. The minimum atomic E-state index is 0.899. The van der Waals surface area contributed by atoms with Crippen molar-refractivity contribution in [2.75, 3.05) is 13.1 Å². The second-order valence-electron chi connectivity index (χ2n) is 7.78. The third-order valence-corrected chi connectivity index (χ3v) is 5.62. The Hall–Kier alpha value is -0.0400. The molecule has 1 rings (SSSR count). The van der Waals surface area contributed by atoms with E-state index >= 15 is 0 Å². The van der Waals surface area contributed by atoms with Crippen molar-refractivity contribution in [2.24, 2.45) is 5.92 Å². The maximum atomic E-state index is 2.85. The second kappa shape index (κ2) is 13.4. The van der Waals surface area contributed by atoms with Crippen LogP contribution in [0.3, 0.4) is 0 Å². The van der Waals surface area contributed by atoms with E-state index < -0.39 is 0 Å². The Bertz CT molecular complexity index is 216. The van der Waals surface area contributed by atoms with Crippen LogP contribution in [0.25, 0.3) is 0 Å². The van der Waals surface area contributed by atoms with Gasteiger partial charge in [-0.2, -0.15) is 0 Å². The normalized spacial score (nSPS) is 17.5. The molecule has 0 unspecified atom stereocenters. The molecular weight excluding hydrogens is 266 g/mol. The molecule has 1 fully saturated rings. The van der Waals surface area contributed by atoms with Crippen molar-refractivity contribution in [3.63, 3.8) is 0 Å². The molecule has 1 heteroatoms. The largest absolute Gasteiger partial charge is 0.300 e. The molecule has 0 aromatic rings. The molecular formula is C21H43N. The van der Waals surface area contributed by atoms with E-state index in [0.717, 1.165) is 12.0 Å². The molecule has 0 radical (unpaired) electrons. The van der Waals surface area contributed by atoms with Crippen molar-refractivity contribution in [2.45, 2.75) is 117 Å². The number of unbranched alkanes of at least 4 members (excludes halogenated alkanes) is 8. The summed E-state index contributed by atoms with van der Waals surface area (Å²) in [5, 5.41) is 0. The monoisotopic (exact) mass is 309 g/mol. The Morgan fingerprint density at radius 3 is 1.64 bits per heavy atom. The predicted octanol–water partition coefficient (Wildman–Crippen LogP) is 6.81. The van der Waals surface area contributed by atoms with Gasteiger partial charge in [0.2, 0.25) is 0 Å². The van der Waals surface area contributed by atoms with Crippen molar-refractivity contribution in [1.29, 1.82) is 0 Å². The predicted molar refractivity (Wildman–Crippen MR) is 101 cm³/mol. The summed E-state index contributed by atoms with van der Waals surface area (Å²) in [6, 6.07) is 0.899. The number of rotatable bonds is 13. The van der Waals surface area contributed by atoms with Crippen LogP contribution < -0.4 is 0 Å². The quantitative estimate of drug-likeness (QED) is 0.338. The summed E-state index contributed by atoms with van der Waals surface area (Å²) in [5.41, 5.74) is 0. The molecule has 1 heterocycles. The van der Waals surface area contributed by atoms with E-state index in [4.69, 9.17) is 0 Å². The lowest BCUT2D eigenvalue weighted by molar-refractivity contribution is 0.121. The highest BCUT2D eigenvalue weighted by molar-refractivity contribution is 4.77.